The maximum Gasteiger partial charge on any atom is 0.241 e. The molecule has 0 bridgehead atoms. The van der Waals surface area contributed by atoms with Gasteiger partial charge in [0, 0.05) is 5.56 Å². The zero-order chi connectivity index (χ0) is 11.7. The first kappa shape index (κ1) is 10.3. The predicted molar refractivity (Wildman–Crippen MR) is 66.8 cm³/mol. The molecule has 0 N–H and O–H groups in total. The molecule has 0 aliphatic heterocycles. The number of aromatic nitrogens is 2. The van der Waals surface area contributed by atoms with E-state index in [4.69, 9.17) is 16.1 Å². The van der Waals surface area contributed by atoms with Gasteiger partial charge in [-0.25, -0.2) is 0 Å². The van der Waals surface area contributed by atoms with Crippen LogP contribution in [0.4, 0.5) is 0 Å². The van der Waals surface area contributed by atoms with Crippen molar-refractivity contribution in [3.05, 3.63) is 48.4 Å². The molecule has 1 aromatic heterocycles. The molecule has 0 radical (unpaired) electrons. The van der Waals surface area contributed by atoms with Crippen LogP contribution in [-0.4, -0.2) is 10.1 Å². The van der Waals surface area contributed by atoms with Crippen LogP contribution in [0.25, 0.3) is 22.2 Å². The minimum atomic E-state index is 0.234. The summed E-state index contributed by atoms with van der Waals surface area (Å²) < 4.78 is 5.02. The van der Waals surface area contributed by atoms with E-state index < -0.39 is 0 Å². The molecule has 3 aromatic rings. The first-order valence-electron chi connectivity index (χ1n) is 5.25. The standard InChI is InChI=1S/C13H9ClN2O/c14-8-12-15-13(16-17-12)11-7-3-5-9-4-1-2-6-10(9)11/h1-7H,8H2. The van der Waals surface area contributed by atoms with E-state index in [0.717, 1.165) is 16.3 Å². The molecule has 0 saturated heterocycles. The number of alkyl halides is 1. The fraction of sp³-hybridized carbons (Fsp3) is 0.0769. The lowest BCUT2D eigenvalue weighted by atomic mass is 10.0. The van der Waals surface area contributed by atoms with Crippen molar-refractivity contribution >= 4 is 22.4 Å². The highest BCUT2D eigenvalue weighted by Gasteiger charge is 2.10. The van der Waals surface area contributed by atoms with E-state index in [9.17, 15) is 0 Å². The summed E-state index contributed by atoms with van der Waals surface area (Å²) >= 11 is 5.65. The van der Waals surface area contributed by atoms with E-state index in [2.05, 4.69) is 22.3 Å². The average Bonchev–Trinajstić information content (AvgIpc) is 2.87. The average molecular weight is 245 g/mol. The number of halogens is 1. The van der Waals surface area contributed by atoms with E-state index in [-0.39, 0.29) is 5.88 Å². The van der Waals surface area contributed by atoms with Crippen LogP contribution < -0.4 is 0 Å². The van der Waals surface area contributed by atoms with Crippen LogP contribution in [0.2, 0.25) is 0 Å². The molecule has 0 fully saturated rings. The molecular weight excluding hydrogens is 236 g/mol. The van der Waals surface area contributed by atoms with E-state index in [1.165, 1.54) is 0 Å². The Morgan fingerprint density at radius 3 is 2.71 bits per heavy atom. The van der Waals surface area contributed by atoms with Crippen molar-refractivity contribution in [1.29, 1.82) is 0 Å². The Hall–Kier alpha value is -1.87. The first-order valence-corrected chi connectivity index (χ1v) is 5.78. The second-order valence-electron chi connectivity index (χ2n) is 3.67. The van der Waals surface area contributed by atoms with Crippen molar-refractivity contribution < 1.29 is 4.52 Å². The maximum absolute atomic E-state index is 5.65. The van der Waals surface area contributed by atoms with Crippen LogP contribution >= 0.6 is 11.6 Å². The predicted octanol–water partition coefficient (Wildman–Crippen LogP) is 3.63. The van der Waals surface area contributed by atoms with Crippen molar-refractivity contribution in [1.82, 2.24) is 10.1 Å². The molecule has 0 unspecified atom stereocenters. The van der Waals surface area contributed by atoms with E-state index in [1.54, 1.807) is 0 Å². The topological polar surface area (TPSA) is 38.9 Å². The lowest BCUT2D eigenvalue weighted by Crippen LogP contribution is -1.84. The van der Waals surface area contributed by atoms with Crippen LogP contribution in [0.15, 0.2) is 47.0 Å². The third-order valence-corrected chi connectivity index (χ3v) is 2.84. The van der Waals surface area contributed by atoms with Gasteiger partial charge >= 0.3 is 0 Å². The van der Waals surface area contributed by atoms with Gasteiger partial charge in [0.15, 0.2) is 0 Å². The summed E-state index contributed by atoms with van der Waals surface area (Å²) in [4.78, 5) is 4.24. The third kappa shape index (κ3) is 1.78. The highest BCUT2D eigenvalue weighted by atomic mass is 35.5. The Kier molecular flexibility index (Phi) is 2.53. The molecule has 0 spiro atoms. The summed E-state index contributed by atoms with van der Waals surface area (Å²) in [6, 6.07) is 14.1. The largest absolute Gasteiger partial charge is 0.338 e. The fourth-order valence-electron chi connectivity index (χ4n) is 1.84. The summed E-state index contributed by atoms with van der Waals surface area (Å²) in [5.41, 5.74) is 0.961. The van der Waals surface area contributed by atoms with Gasteiger partial charge in [-0.05, 0) is 10.8 Å². The van der Waals surface area contributed by atoms with Crippen LogP contribution in [0.1, 0.15) is 5.89 Å². The molecule has 84 valence electrons. The Morgan fingerprint density at radius 2 is 1.88 bits per heavy atom. The number of hydrogen-bond acceptors (Lipinski definition) is 3. The molecule has 0 aliphatic rings. The maximum atomic E-state index is 5.65. The smallest absolute Gasteiger partial charge is 0.241 e. The molecule has 2 aromatic carbocycles. The minimum absolute atomic E-state index is 0.234. The molecule has 0 saturated carbocycles. The Labute approximate surface area is 103 Å². The minimum Gasteiger partial charge on any atom is -0.338 e. The number of nitrogens with zero attached hydrogens (tertiary/aromatic N) is 2. The highest BCUT2D eigenvalue weighted by molar-refractivity contribution is 6.16. The lowest BCUT2D eigenvalue weighted by molar-refractivity contribution is 0.391. The first-order chi connectivity index (χ1) is 8.38. The Balaban J connectivity index is 2.23. The van der Waals surface area contributed by atoms with E-state index >= 15 is 0 Å². The fourth-order valence-corrected chi connectivity index (χ4v) is 1.95. The SMILES string of the molecule is ClCc1nc(-c2cccc3ccccc23)no1. The monoisotopic (exact) mass is 244 g/mol. The van der Waals surface area contributed by atoms with E-state index in [1.807, 2.05) is 30.3 Å². The molecule has 0 amide bonds. The molecule has 0 aliphatic carbocycles. The molecule has 3 rings (SSSR count). The lowest BCUT2D eigenvalue weighted by Gasteiger charge is -2.01. The van der Waals surface area contributed by atoms with E-state index in [0.29, 0.717) is 11.7 Å². The van der Waals surface area contributed by atoms with Crippen molar-refractivity contribution in [2.75, 3.05) is 0 Å². The molecule has 4 heteroatoms. The van der Waals surface area contributed by atoms with Gasteiger partial charge in [-0.1, -0.05) is 47.6 Å². The zero-order valence-electron chi connectivity index (χ0n) is 8.93. The zero-order valence-corrected chi connectivity index (χ0v) is 9.69. The molecular formula is C13H9ClN2O. The van der Waals surface area contributed by atoms with Gasteiger partial charge in [-0.15, -0.1) is 11.6 Å². The number of hydrogen-bond donors (Lipinski definition) is 0. The van der Waals surface area contributed by atoms with Crippen molar-refractivity contribution in [2.24, 2.45) is 0 Å². The molecule has 0 atom stereocenters. The second kappa shape index (κ2) is 4.18. The van der Waals surface area contributed by atoms with Gasteiger partial charge in [0.1, 0.15) is 5.88 Å². The summed E-state index contributed by atoms with van der Waals surface area (Å²) in [5.74, 6) is 1.25. The summed E-state index contributed by atoms with van der Waals surface area (Å²) in [6.45, 7) is 0. The van der Waals surface area contributed by atoms with Crippen LogP contribution in [0.5, 0.6) is 0 Å². The quantitative estimate of drug-likeness (QED) is 0.646. The third-order valence-electron chi connectivity index (χ3n) is 2.61. The molecule has 3 nitrogen and oxygen atoms in total. The van der Waals surface area contributed by atoms with Crippen molar-refractivity contribution in [3.8, 4) is 11.4 Å². The normalized spacial score (nSPS) is 10.9. The van der Waals surface area contributed by atoms with Crippen LogP contribution in [0.3, 0.4) is 0 Å². The number of rotatable bonds is 2. The number of fused-ring (bicyclic) bond motifs is 1. The Morgan fingerprint density at radius 1 is 1.06 bits per heavy atom. The van der Waals surface area contributed by atoms with Gasteiger partial charge in [0.05, 0.1) is 0 Å². The summed E-state index contributed by atoms with van der Waals surface area (Å²) in [5, 5.41) is 6.20. The molecule has 1 heterocycles. The second-order valence-corrected chi connectivity index (χ2v) is 3.94. The van der Waals surface area contributed by atoms with Gasteiger partial charge in [-0.2, -0.15) is 4.98 Å². The summed E-state index contributed by atoms with van der Waals surface area (Å²) in [7, 11) is 0. The van der Waals surface area contributed by atoms with Crippen LogP contribution in [-0.2, 0) is 5.88 Å². The van der Waals surface area contributed by atoms with Crippen molar-refractivity contribution in [2.45, 2.75) is 5.88 Å². The number of benzene rings is 2. The van der Waals surface area contributed by atoms with Crippen LogP contribution in [0, 0.1) is 0 Å². The highest BCUT2D eigenvalue weighted by Crippen LogP contribution is 2.26. The summed E-state index contributed by atoms with van der Waals surface area (Å²) in [6.07, 6.45) is 0. The van der Waals surface area contributed by atoms with Gasteiger partial charge < -0.3 is 4.52 Å². The Bertz CT molecular complexity index is 658. The van der Waals surface area contributed by atoms with Gasteiger partial charge in [-0.3, -0.25) is 0 Å². The van der Waals surface area contributed by atoms with Gasteiger partial charge in [0.25, 0.3) is 0 Å². The van der Waals surface area contributed by atoms with Crippen molar-refractivity contribution in [3.63, 3.8) is 0 Å². The van der Waals surface area contributed by atoms with Gasteiger partial charge in [0.2, 0.25) is 11.7 Å². The molecule has 17 heavy (non-hydrogen) atoms.